The van der Waals surface area contributed by atoms with E-state index in [2.05, 4.69) is 11.9 Å². The number of hydrogen-bond donors (Lipinski definition) is 1. The maximum atomic E-state index is 13.6. The molecule has 2 N–H and O–H groups in total. The number of halogens is 2. The summed E-state index contributed by atoms with van der Waals surface area (Å²) >= 11 is 0. The molecule has 2 atom stereocenters. The predicted octanol–water partition coefficient (Wildman–Crippen LogP) is 2.18. The highest BCUT2D eigenvalue weighted by atomic mass is 19.1. The number of rotatable bonds is 1. The van der Waals surface area contributed by atoms with E-state index >= 15 is 0 Å². The van der Waals surface area contributed by atoms with E-state index in [0.29, 0.717) is 5.92 Å². The third kappa shape index (κ3) is 1.81. The summed E-state index contributed by atoms with van der Waals surface area (Å²) in [6, 6.07) is 1.01. The molecule has 1 aliphatic rings. The summed E-state index contributed by atoms with van der Waals surface area (Å²) in [5.74, 6) is -1.05. The normalized spacial score (nSPS) is 25.1. The number of nitrogens with zero attached hydrogens (tertiary/aromatic N) is 2. The van der Waals surface area contributed by atoms with Gasteiger partial charge in [0.15, 0.2) is 23.3 Å². The first-order valence-electron chi connectivity index (χ1n) is 5.37. The molecule has 2 unspecified atom stereocenters. The summed E-state index contributed by atoms with van der Waals surface area (Å²) < 4.78 is 26.6. The molecule has 0 amide bonds. The molecule has 88 valence electrons. The molecule has 0 spiro atoms. The van der Waals surface area contributed by atoms with Crippen LogP contribution in [0.2, 0.25) is 0 Å². The Kier molecular flexibility index (Phi) is 2.69. The van der Waals surface area contributed by atoms with Gasteiger partial charge in [0.05, 0.1) is 0 Å². The van der Waals surface area contributed by atoms with Crippen molar-refractivity contribution in [1.29, 1.82) is 0 Å². The van der Waals surface area contributed by atoms with Crippen molar-refractivity contribution in [2.24, 2.45) is 5.92 Å². The average molecular weight is 227 g/mol. The number of pyridine rings is 1. The van der Waals surface area contributed by atoms with Gasteiger partial charge in [0.25, 0.3) is 0 Å². The van der Waals surface area contributed by atoms with Crippen LogP contribution < -0.4 is 10.6 Å². The SMILES string of the molecule is CC1CC(C)N(c2nc(N)c(F)cc2F)C1. The first-order valence-corrected chi connectivity index (χ1v) is 5.37. The van der Waals surface area contributed by atoms with Gasteiger partial charge < -0.3 is 10.6 Å². The minimum Gasteiger partial charge on any atom is -0.381 e. The molecular weight excluding hydrogens is 212 g/mol. The molecule has 1 aromatic rings. The molecule has 0 bridgehead atoms. The van der Waals surface area contributed by atoms with E-state index in [-0.39, 0.29) is 17.7 Å². The zero-order valence-electron chi connectivity index (χ0n) is 9.37. The first kappa shape index (κ1) is 11.1. The summed E-state index contributed by atoms with van der Waals surface area (Å²) in [6.07, 6.45) is 0.985. The molecule has 1 aliphatic heterocycles. The van der Waals surface area contributed by atoms with E-state index in [1.807, 2.05) is 11.8 Å². The molecule has 1 saturated heterocycles. The smallest absolute Gasteiger partial charge is 0.168 e. The number of anilines is 2. The Balaban J connectivity index is 2.37. The summed E-state index contributed by atoms with van der Waals surface area (Å²) in [5, 5.41) is 0. The van der Waals surface area contributed by atoms with Crippen LogP contribution in [0.15, 0.2) is 6.07 Å². The van der Waals surface area contributed by atoms with Crippen LogP contribution in [0.4, 0.5) is 20.4 Å². The van der Waals surface area contributed by atoms with E-state index in [1.165, 1.54) is 0 Å². The standard InChI is InChI=1S/C11H15F2N3/c1-6-3-7(2)16(5-6)11-9(13)4-8(12)10(14)15-11/h4,6-7H,3,5H2,1-2H3,(H2,14,15). The Hall–Kier alpha value is -1.39. The summed E-state index contributed by atoms with van der Waals surface area (Å²) in [7, 11) is 0. The molecule has 2 heterocycles. The zero-order valence-corrected chi connectivity index (χ0v) is 9.37. The fourth-order valence-corrected chi connectivity index (χ4v) is 2.27. The Bertz CT molecular complexity index is 408. The van der Waals surface area contributed by atoms with Gasteiger partial charge in [-0.1, -0.05) is 6.92 Å². The lowest BCUT2D eigenvalue weighted by Gasteiger charge is -2.23. The lowest BCUT2D eigenvalue weighted by molar-refractivity contribution is 0.569. The maximum Gasteiger partial charge on any atom is 0.168 e. The average Bonchev–Trinajstić information content (AvgIpc) is 2.51. The van der Waals surface area contributed by atoms with Gasteiger partial charge in [-0.2, -0.15) is 0 Å². The van der Waals surface area contributed by atoms with E-state index < -0.39 is 11.6 Å². The van der Waals surface area contributed by atoms with Crippen LogP contribution in [0.5, 0.6) is 0 Å². The molecule has 3 nitrogen and oxygen atoms in total. The van der Waals surface area contributed by atoms with Crippen molar-refractivity contribution >= 4 is 11.6 Å². The molecule has 1 fully saturated rings. The van der Waals surface area contributed by atoms with Gasteiger partial charge >= 0.3 is 0 Å². The lowest BCUT2D eigenvalue weighted by atomic mass is 10.1. The van der Waals surface area contributed by atoms with Crippen molar-refractivity contribution in [3.8, 4) is 0 Å². The van der Waals surface area contributed by atoms with Gasteiger partial charge in [-0.05, 0) is 19.3 Å². The van der Waals surface area contributed by atoms with Crippen LogP contribution in [0, 0.1) is 17.6 Å². The Labute approximate surface area is 93.3 Å². The number of hydrogen-bond acceptors (Lipinski definition) is 3. The highest BCUT2D eigenvalue weighted by Gasteiger charge is 2.29. The quantitative estimate of drug-likeness (QED) is 0.799. The van der Waals surface area contributed by atoms with Gasteiger partial charge in [0, 0.05) is 18.7 Å². The Morgan fingerprint density at radius 3 is 2.62 bits per heavy atom. The molecule has 0 saturated carbocycles. The van der Waals surface area contributed by atoms with Gasteiger partial charge in [0.2, 0.25) is 0 Å². The van der Waals surface area contributed by atoms with Crippen LogP contribution in [-0.4, -0.2) is 17.6 Å². The van der Waals surface area contributed by atoms with Crippen molar-refractivity contribution < 1.29 is 8.78 Å². The second-order valence-electron chi connectivity index (χ2n) is 4.50. The summed E-state index contributed by atoms with van der Waals surface area (Å²) in [4.78, 5) is 5.64. The van der Waals surface area contributed by atoms with Crippen LogP contribution in [0.1, 0.15) is 20.3 Å². The number of aromatic nitrogens is 1. The van der Waals surface area contributed by atoms with Crippen LogP contribution >= 0.6 is 0 Å². The molecular formula is C11H15F2N3. The summed E-state index contributed by atoms with van der Waals surface area (Å²) in [6.45, 7) is 4.83. The number of nitrogen functional groups attached to an aromatic ring is 1. The molecule has 16 heavy (non-hydrogen) atoms. The molecule has 0 aliphatic carbocycles. The van der Waals surface area contributed by atoms with E-state index in [0.717, 1.165) is 19.0 Å². The molecule has 0 radical (unpaired) electrons. The van der Waals surface area contributed by atoms with E-state index in [4.69, 9.17) is 5.73 Å². The Morgan fingerprint density at radius 1 is 1.38 bits per heavy atom. The van der Waals surface area contributed by atoms with Crippen LogP contribution in [0.3, 0.4) is 0 Å². The molecule has 2 rings (SSSR count). The molecule has 1 aromatic heterocycles. The predicted molar refractivity (Wildman–Crippen MR) is 59.2 cm³/mol. The highest BCUT2D eigenvalue weighted by molar-refractivity contribution is 5.48. The molecule has 5 heteroatoms. The topological polar surface area (TPSA) is 42.2 Å². The maximum absolute atomic E-state index is 13.6. The third-order valence-corrected chi connectivity index (χ3v) is 2.99. The monoisotopic (exact) mass is 227 g/mol. The van der Waals surface area contributed by atoms with Gasteiger partial charge in [-0.3, -0.25) is 0 Å². The van der Waals surface area contributed by atoms with Crippen molar-refractivity contribution in [1.82, 2.24) is 4.98 Å². The fourth-order valence-electron chi connectivity index (χ4n) is 2.27. The zero-order chi connectivity index (χ0) is 11.9. The second kappa shape index (κ2) is 3.88. The largest absolute Gasteiger partial charge is 0.381 e. The highest BCUT2D eigenvalue weighted by Crippen LogP contribution is 2.30. The van der Waals surface area contributed by atoms with E-state index in [1.54, 1.807) is 0 Å². The summed E-state index contributed by atoms with van der Waals surface area (Å²) in [5.41, 5.74) is 5.36. The lowest BCUT2D eigenvalue weighted by Crippen LogP contribution is -2.29. The van der Waals surface area contributed by atoms with Crippen LogP contribution in [0.25, 0.3) is 0 Å². The molecule has 0 aromatic carbocycles. The van der Waals surface area contributed by atoms with Crippen molar-refractivity contribution in [2.45, 2.75) is 26.3 Å². The number of nitrogens with two attached hydrogens (primary N) is 1. The van der Waals surface area contributed by atoms with Gasteiger partial charge in [-0.15, -0.1) is 0 Å². The third-order valence-electron chi connectivity index (χ3n) is 2.99. The fraction of sp³-hybridized carbons (Fsp3) is 0.545. The van der Waals surface area contributed by atoms with Gasteiger partial charge in [0.1, 0.15) is 0 Å². The van der Waals surface area contributed by atoms with Crippen molar-refractivity contribution in [3.05, 3.63) is 17.7 Å². The van der Waals surface area contributed by atoms with Crippen molar-refractivity contribution in [3.63, 3.8) is 0 Å². The van der Waals surface area contributed by atoms with E-state index in [9.17, 15) is 8.78 Å². The van der Waals surface area contributed by atoms with Crippen molar-refractivity contribution in [2.75, 3.05) is 17.2 Å². The van der Waals surface area contributed by atoms with Crippen LogP contribution in [-0.2, 0) is 0 Å². The van der Waals surface area contributed by atoms with Gasteiger partial charge in [-0.25, -0.2) is 13.8 Å². The minimum absolute atomic E-state index is 0.163. The second-order valence-corrected chi connectivity index (χ2v) is 4.50. The minimum atomic E-state index is -0.804. The first-order chi connectivity index (χ1) is 7.49. The Morgan fingerprint density at radius 2 is 2.06 bits per heavy atom.